The van der Waals surface area contributed by atoms with E-state index in [-0.39, 0.29) is 16.8 Å². The van der Waals surface area contributed by atoms with Gasteiger partial charge in [0.2, 0.25) is 6.29 Å². The molecular weight excluding hydrogens is 380 g/mol. The van der Waals surface area contributed by atoms with E-state index in [0.717, 1.165) is 5.56 Å². The molecule has 2 heterocycles. The van der Waals surface area contributed by atoms with Crippen molar-refractivity contribution in [2.24, 2.45) is 0 Å². The Hall–Kier alpha value is -2.75. The number of aliphatic hydroxyl groups is 4. The van der Waals surface area contributed by atoms with E-state index in [1.54, 1.807) is 0 Å². The maximum atomic E-state index is 12.8. The predicted octanol–water partition coefficient (Wildman–Crippen LogP) is 0.639. The van der Waals surface area contributed by atoms with Gasteiger partial charge in [0.25, 0.3) is 0 Å². The number of benzene rings is 2. The first-order valence-electron chi connectivity index (χ1n) is 9.07. The van der Waals surface area contributed by atoms with E-state index >= 15 is 0 Å². The van der Waals surface area contributed by atoms with E-state index in [1.165, 1.54) is 24.5 Å². The van der Waals surface area contributed by atoms with E-state index in [9.17, 15) is 25.2 Å². The van der Waals surface area contributed by atoms with Gasteiger partial charge in [0.15, 0.2) is 5.43 Å². The fourth-order valence-electron chi connectivity index (χ4n) is 3.30. The van der Waals surface area contributed by atoms with E-state index < -0.39 is 37.3 Å². The van der Waals surface area contributed by atoms with Crippen LogP contribution in [0.15, 0.2) is 64.0 Å². The van der Waals surface area contributed by atoms with E-state index in [0.29, 0.717) is 10.9 Å². The third-order valence-electron chi connectivity index (χ3n) is 4.93. The van der Waals surface area contributed by atoms with Crippen LogP contribution in [0.3, 0.4) is 0 Å². The first kappa shape index (κ1) is 19.6. The molecule has 29 heavy (non-hydrogen) atoms. The number of hydrogen-bond donors (Lipinski definition) is 4. The lowest BCUT2D eigenvalue weighted by Gasteiger charge is -2.39. The van der Waals surface area contributed by atoms with Gasteiger partial charge in [-0.15, -0.1) is 0 Å². The van der Waals surface area contributed by atoms with Crippen LogP contribution in [0.25, 0.3) is 22.1 Å². The molecule has 4 rings (SSSR count). The highest BCUT2D eigenvalue weighted by atomic mass is 16.7. The highest BCUT2D eigenvalue weighted by Crippen LogP contribution is 2.27. The average molecular weight is 400 g/mol. The van der Waals surface area contributed by atoms with Crippen molar-refractivity contribution in [3.8, 4) is 16.9 Å². The molecule has 3 aromatic rings. The third-order valence-corrected chi connectivity index (χ3v) is 4.93. The molecule has 1 fully saturated rings. The predicted molar refractivity (Wildman–Crippen MR) is 102 cm³/mol. The van der Waals surface area contributed by atoms with Crippen LogP contribution < -0.4 is 10.2 Å². The zero-order valence-corrected chi connectivity index (χ0v) is 15.2. The summed E-state index contributed by atoms with van der Waals surface area (Å²) in [4.78, 5) is 12.8. The van der Waals surface area contributed by atoms with Gasteiger partial charge < -0.3 is 34.3 Å². The van der Waals surface area contributed by atoms with E-state index in [1.807, 2.05) is 30.3 Å². The summed E-state index contributed by atoms with van der Waals surface area (Å²) in [7, 11) is 0. The summed E-state index contributed by atoms with van der Waals surface area (Å²) in [6.07, 6.45) is -5.57. The smallest absolute Gasteiger partial charge is 0.229 e. The molecule has 152 valence electrons. The Morgan fingerprint density at radius 2 is 1.72 bits per heavy atom. The lowest BCUT2D eigenvalue weighted by atomic mass is 9.99. The zero-order chi connectivity index (χ0) is 20.5. The zero-order valence-electron chi connectivity index (χ0n) is 15.2. The Balaban J connectivity index is 1.62. The summed E-state index contributed by atoms with van der Waals surface area (Å²) in [5, 5.41) is 39.4. The van der Waals surface area contributed by atoms with Crippen molar-refractivity contribution in [3.05, 3.63) is 65.0 Å². The minimum atomic E-state index is -1.54. The van der Waals surface area contributed by atoms with Gasteiger partial charge in [0, 0.05) is 6.07 Å². The van der Waals surface area contributed by atoms with Crippen molar-refractivity contribution < 1.29 is 34.3 Å². The van der Waals surface area contributed by atoms with Gasteiger partial charge in [0.1, 0.15) is 42.0 Å². The number of fused-ring (bicyclic) bond motifs is 1. The number of ether oxygens (including phenoxy) is 2. The molecule has 5 atom stereocenters. The fourth-order valence-corrected chi connectivity index (χ4v) is 3.30. The van der Waals surface area contributed by atoms with Crippen LogP contribution in [-0.4, -0.2) is 57.7 Å². The number of hydrogen-bond acceptors (Lipinski definition) is 8. The van der Waals surface area contributed by atoms with Crippen molar-refractivity contribution in [2.75, 3.05) is 6.61 Å². The molecule has 0 radical (unpaired) electrons. The van der Waals surface area contributed by atoms with Crippen LogP contribution in [-0.2, 0) is 4.74 Å². The molecule has 0 amide bonds. The van der Waals surface area contributed by atoms with Crippen LogP contribution in [0.5, 0.6) is 5.75 Å². The van der Waals surface area contributed by atoms with Crippen molar-refractivity contribution in [1.29, 1.82) is 0 Å². The Kier molecular flexibility index (Phi) is 5.35. The van der Waals surface area contributed by atoms with Gasteiger partial charge >= 0.3 is 0 Å². The van der Waals surface area contributed by atoms with Crippen LogP contribution in [0.1, 0.15) is 0 Å². The van der Waals surface area contributed by atoms with Gasteiger partial charge in [0.05, 0.1) is 17.6 Å². The van der Waals surface area contributed by atoms with Crippen molar-refractivity contribution in [2.45, 2.75) is 30.7 Å². The lowest BCUT2D eigenvalue weighted by Crippen LogP contribution is -2.60. The van der Waals surface area contributed by atoms with Gasteiger partial charge in [-0.1, -0.05) is 30.3 Å². The van der Waals surface area contributed by atoms with E-state index in [4.69, 9.17) is 13.9 Å². The van der Waals surface area contributed by atoms with Crippen molar-refractivity contribution >= 4 is 11.0 Å². The summed E-state index contributed by atoms with van der Waals surface area (Å²) in [5.41, 5.74) is 1.25. The van der Waals surface area contributed by atoms with Crippen LogP contribution in [0.4, 0.5) is 0 Å². The Bertz CT molecular complexity index is 1050. The highest BCUT2D eigenvalue weighted by molar-refractivity contribution is 5.82. The monoisotopic (exact) mass is 400 g/mol. The summed E-state index contributed by atoms with van der Waals surface area (Å²) in [6, 6.07) is 13.7. The molecule has 2 aromatic carbocycles. The van der Waals surface area contributed by atoms with Gasteiger partial charge in [-0.25, -0.2) is 0 Å². The quantitative estimate of drug-likeness (QED) is 0.502. The summed E-state index contributed by atoms with van der Waals surface area (Å²) < 4.78 is 16.5. The first-order chi connectivity index (χ1) is 14.0. The van der Waals surface area contributed by atoms with Crippen LogP contribution >= 0.6 is 0 Å². The second-order valence-corrected chi connectivity index (χ2v) is 6.82. The van der Waals surface area contributed by atoms with E-state index in [2.05, 4.69) is 0 Å². The maximum absolute atomic E-state index is 12.8. The minimum Gasteiger partial charge on any atom is -0.463 e. The molecule has 0 saturated carbocycles. The highest BCUT2D eigenvalue weighted by Gasteiger charge is 2.44. The molecular formula is C21H20O8. The van der Waals surface area contributed by atoms with Crippen molar-refractivity contribution in [3.63, 3.8) is 0 Å². The molecule has 0 bridgehead atoms. The van der Waals surface area contributed by atoms with Crippen LogP contribution in [0.2, 0.25) is 0 Å². The first-order valence-corrected chi connectivity index (χ1v) is 9.07. The topological polar surface area (TPSA) is 130 Å². The van der Waals surface area contributed by atoms with Gasteiger partial charge in [-0.2, -0.15) is 0 Å². The fraction of sp³-hybridized carbons (Fsp3) is 0.286. The standard InChI is InChI=1S/C21H20O8/c22-9-16-18(24)19(25)20(26)21(29-16)28-12-6-7-13-15(8-12)27-10-14(17(13)23)11-4-2-1-3-5-11/h1-8,10,16,18-22,24-26H,9H2/t16-,18+,19+,20-,21-/m1/s1. The molecule has 8 heteroatoms. The molecule has 4 N–H and O–H groups in total. The third kappa shape index (κ3) is 3.64. The Morgan fingerprint density at radius 1 is 0.966 bits per heavy atom. The second kappa shape index (κ2) is 7.94. The molecule has 0 spiro atoms. The molecule has 8 nitrogen and oxygen atoms in total. The van der Waals surface area contributed by atoms with Gasteiger partial charge in [-0.3, -0.25) is 4.79 Å². The number of rotatable bonds is 4. The second-order valence-electron chi connectivity index (χ2n) is 6.82. The molecule has 0 unspecified atom stereocenters. The van der Waals surface area contributed by atoms with Gasteiger partial charge in [-0.05, 0) is 17.7 Å². The van der Waals surface area contributed by atoms with Crippen LogP contribution in [0, 0.1) is 0 Å². The normalized spacial score (nSPS) is 27.1. The summed E-state index contributed by atoms with van der Waals surface area (Å²) in [5.74, 6) is 0.220. The lowest BCUT2D eigenvalue weighted by molar-refractivity contribution is -0.277. The van der Waals surface area contributed by atoms with Crippen molar-refractivity contribution in [1.82, 2.24) is 0 Å². The molecule has 1 aromatic heterocycles. The minimum absolute atomic E-state index is 0.197. The largest absolute Gasteiger partial charge is 0.463 e. The molecule has 1 saturated heterocycles. The molecule has 1 aliphatic heterocycles. The molecule has 0 aliphatic carbocycles. The average Bonchev–Trinajstić information content (AvgIpc) is 2.75. The number of aliphatic hydroxyl groups excluding tert-OH is 4. The summed E-state index contributed by atoms with van der Waals surface area (Å²) >= 11 is 0. The maximum Gasteiger partial charge on any atom is 0.229 e. The SMILES string of the molecule is O=c1c(-c2ccccc2)coc2cc(O[C@@H]3O[C@H](CO)[C@H](O)[C@H](O)[C@H]3O)ccc12. The summed E-state index contributed by atoms with van der Waals surface area (Å²) in [6.45, 7) is -0.556. The Labute approximate surface area is 165 Å². The molecule has 1 aliphatic rings. The Morgan fingerprint density at radius 3 is 2.45 bits per heavy atom.